The fraction of sp³-hybridized carbons (Fsp3) is 1.00. The number of methoxy groups -OCH3 is 1. The third kappa shape index (κ3) is 3.30. The zero-order valence-corrected chi connectivity index (χ0v) is 9.42. The SMILES string of the molecule is COC(C)(O[P+](=O)O)C(Cl)(Cl)Cl. The Balaban J connectivity index is 4.56. The molecule has 0 aromatic carbocycles. The van der Waals surface area contributed by atoms with E-state index in [1.54, 1.807) is 0 Å². The van der Waals surface area contributed by atoms with Gasteiger partial charge in [0.05, 0.1) is 0 Å². The first-order valence-electron chi connectivity index (χ1n) is 2.70. The predicted molar refractivity (Wildman–Crippen MR) is 46.6 cm³/mol. The van der Waals surface area contributed by atoms with Crippen LogP contribution in [0.1, 0.15) is 6.92 Å². The summed E-state index contributed by atoms with van der Waals surface area (Å²) < 4.78 is 17.4. The van der Waals surface area contributed by atoms with Gasteiger partial charge in [-0.05, 0) is 6.92 Å². The third-order valence-corrected chi connectivity index (χ3v) is 2.69. The Morgan fingerprint density at radius 1 is 1.42 bits per heavy atom. The van der Waals surface area contributed by atoms with Crippen molar-refractivity contribution in [2.45, 2.75) is 16.5 Å². The molecule has 0 saturated heterocycles. The summed E-state index contributed by atoms with van der Waals surface area (Å²) >= 11 is 16.3. The van der Waals surface area contributed by atoms with Crippen LogP contribution in [0.4, 0.5) is 0 Å². The van der Waals surface area contributed by atoms with E-state index in [4.69, 9.17) is 39.7 Å². The van der Waals surface area contributed by atoms with Crippen molar-refractivity contribution in [3.63, 3.8) is 0 Å². The second-order valence-electron chi connectivity index (χ2n) is 1.98. The highest BCUT2D eigenvalue weighted by atomic mass is 35.6. The summed E-state index contributed by atoms with van der Waals surface area (Å²) in [6, 6.07) is 0. The third-order valence-electron chi connectivity index (χ3n) is 1.16. The highest BCUT2D eigenvalue weighted by Crippen LogP contribution is 2.44. The lowest BCUT2D eigenvalue weighted by Crippen LogP contribution is -2.42. The van der Waals surface area contributed by atoms with Crippen molar-refractivity contribution in [3.8, 4) is 0 Å². The van der Waals surface area contributed by atoms with Gasteiger partial charge in [-0.1, -0.05) is 39.3 Å². The Morgan fingerprint density at radius 2 is 1.83 bits per heavy atom. The second kappa shape index (κ2) is 4.38. The largest absolute Gasteiger partial charge is 0.697 e. The van der Waals surface area contributed by atoms with Gasteiger partial charge in [-0.15, -0.1) is 4.89 Å². The molecule has 0 aliphatic heterocycles. The Hall–Kier alpha value is 0.850. The number of alkyl halides is 3. The van der Waals surface area contributed by atoms with E-state index in [0.717, 1.165) is 0 Å². The molecule has 0 aliphatic carbocycles. The fourth-order valence-corrected chi connectivity index (χ4v) is 1.37. The summed E-state index contributed by atoms with van der Waals surface area (Å²) in [4.78, 5) is 8.41. The Morgan fingerprint density at radius 3 is 1.92 bits per heavy atom. The Bertz CT molecular complexity index is 182. The summed E-state index contributed by atoms with van der Waals surface area (Å²) in [5, 5.41) is 0. The first-order chi connectivity index (χ1) is 5.23. The van der Waals surface area contributed by atoms with E-state index in [1.165, 1.54) is 14.0 Å². The maximum absolute atomic E-state index is 10.3. The summed E-state index contributed by atoms with van der Waals surface area (Å²) in [5.74, 6) is -1.74. The quantitative estimate of drug-likeness (QED) is 0.478. The van der Waals surface area contributed by atoms with Crippen molar-refractivity contribution in [2.24, 2.45) is 0 Å². The van der Waals surface area contributed by atoms with Crippen molar-refractivity contribution >= 4 is 43.1 Å². The molecule has 0 aromatic rings. The number of halogens is 3. The van der Waals surface area contributed by atoms with Crippen molar-refractivity contribution < 1.29 is 18.7 Å². The minimum Gasteiger partial charge on any atom is -0.346 e. The molecule has 2 unspecified atom stereocenters. The van der Waals surface area contributed by atoms with Crippen LogP contribution in [0.2, 0.25) is 0 Å². The zero-order chi connectivity index (χ0) is 9.99. The van der Waals surface area contributed by atoms with Crippen molar-refractivity contribution in [2.75, 3.05) is 7.11 Å². The molecule has 0 bridgehead atoms. The molecular weight excluding hydrogens is 249 g/mol. The van der Waals surface area contributed by atoms with Gasteiger partial charge in [0.25, 0.3) is 5.79 Å². The van der Waals surface area contributed by atoms with Crippen LogP contribution in [0.3, 0.4) is 0 Å². The molecular formula is C4H7Cl3O4P+. The molecule has 0 fully saturated rings. The molecule has 1 N–H and O–H groups in total. The first kappa shape index (κ1) is 12.8. The number of hydrogen-bond acceptors (Lipinski definition) is 3. The van der Waals surface area contributed by atoms with E-state index in [1.807, 2.05) is 0 Å². The van der Waals surface area contributed by atoms with Crippen LogP contribution >= 0.6 is 43.1 Å². The van der Waals surface area contributed by atoms with Gasteiger partial charge >= 0.3 is 8.25 Å². The Labute approximate surface area is 85.6 Å². The van der Waals surface area contributed by atoms with Gasteiger partial charge in [-0.25, -0.2) is 0 Å². The standard InChI is InChI=1S/C4H6Cl3O4P/c1-3(10-2,4(5,6)7)11-12(8)9/h1-2H3/p+1. The average Bonchev–Trinajstić information content (AvgIpc) is 1.83. The molecule has 0 rings (SSSR count). The lowest BCUT2D eigenvalue weighted by molar-refractivity contribution is -0.146. The van der Waals surface area contributed by atoms with Crippen molar-refractivity contribution in [3.05, 3.63) is 0 Å². The molecule has 0 aliphatic rings. The van der Waals surface area contributed by atoms with Gasteiger partial charge < -0.3 is 4.74 Å². The molecule has 4 nitrogen and oxygen atoms in total. The molecule has 0 heterocycles. The lowest BCUT2D eigenvalue weighted by Gasteiger charge is -2.27. The minimum absolute atomic E-state index is 1.20. The summed E-state index contributed by atoms with van der Waals surface area (Å²) in [6.07, 6.45) is 0. The van der Waals surface area contributed by atoms with E-state index in [0.29, 0.717) is 0 Å². The second-order valence-corrected chi connectivity index (χ2v) is 4.92. The molecule has 0 saturated carbocycles. The fourth-order valence-electron chi connectivity index (χ4n) is 0.354. The van der Waals surface area contributed by atoms with Crippen LogP contribution in [0.25, 0.3) is 0 Å². The van der Waals surface area contributed by atoms with Gasteiger partial charge in [0.15, 0.2) is 0 Å². The van der Waals surface area contributed by atoms with E-state index in [-0.39, 0.29) is 0 Å². The van der Waals surface area contributed by atoms with Gasteiger partial charge in [0.1, 0.15) is 0 Å². The van der Waals surface area contributed by atoms with Crippen LogP contribution in [0, 0.1) is 0 Å². The van der Waals surface area contributed by atoms with E-state index in [9.17, 15) is 4.57 Å². The van der Waals surface area contributed by atoms with Crippen LogP contribution in [-0.4, -0.2) is 21.6 Å². The molecule has 12 heavy (non-hydrogen) atoms. The molecule has 0 amide bonds. The Kier molecular flexibility index (Phi) is 4.69. The van der Waals surface area contributed by atoms with E-state index in [2.05, 4.69) is 9.26 Å². The van der Waals surface area contributed by atoms with Gasteiger partial charge in [0.2, 0.25) is 3.79 Å². The zero-order valence-electron chi connectivity index (χ0n) is 6.25. The van der Waals surface area contributed by atoms with Gasteiger partial charge in [-0.2, -0.15) is 0 Å². The van der Waals surface area contributed by atoms with Crippen LogP contribution in [0.15, 0.2) is 0 Å². The van der Waals surface area contributed by atoms with Crippen molar-refractivity contribution in [1.82, 2.24) is 0 Å². The van der Waals surface area contributed by atoms with E-state index < -0.39 is 17.8 Å². The number of hydrogen-bond donors (Lipinski definition) is 1. The topological polar surface area (TPSA) is 55.8 Å². The maximum atomic E-state index is 10.3. The molecule has 8 heteroatoms. The highest BCUT2D eigenvalue weighted by molar-refractivity contribution is 7.32. The smallest absolute Gasteiger partial charge is 0.346 e. The summed E-state index contributed by atoms with van der Waals surface area (Å²) in [6.45, 7) is 1.24. The minimum atomic E-state index is -2.89. The molecule has 0 spiro atoms. The average molecular weight is 256 g/mol. The first-order valence-corrected chi connectivity index (χ1v) is 4.96. The normalized spacial score (nSPS) is 18.7. The molecule has 0 aromatic heterocycles. The molecule has 72 valence electrons. The van der Waals surface area contributed by atoms with Crippen molar-refractivity contribution in [1.29, 1.82) is 0 Å². The highest BCUT2D eigenvalue weighted by Gasteiger charge is 2.53. The van der Waals surface area contributed by atoms with Crippen LogP contribution in [-0.2, 0) is 13.8 Å². The van der Waals surface area contributed by atoms with Crippen LogP contribution in [0.5, 0.6) is 0 Å². The monoisotopic (exact) mass is 255 g/mol. The number of ether oxygens (including phenoxy) is 1. The maximum Gasteiger partial charge on any atom is 0.697 e. The summed E-state index contributed by atoms with van der Waals surface area (Å²) in [5.41, 5.74) is 0. The number of rotatable bonds is 3. The van der Waals surface area contributed by atoms with E-state index >= 15 is 0 Å². The van der Waals surface area contributed by atoms with Gasteiger partial charge in [0, 0.05) is 11.7 Å². The van der Waals surface area contributed by atoms with Crippen LogP contribution < -0.4 is 0 Å². The van der Waals surface area contributed by atoms with Gasteiger partial charge in [-0.3, -0.25) is 0 Å². The molecule has 0 radical (unpaired) electrons. The predicted octanol–water partition coefficient (Wildman–Crippen LogP) is 2.39. The summed E-state index contributed by atoms with van der Waals surface area (Å²) in [7, 11) is -1.69. The lowest BCUT2D eigenvalue weighted by atomic mass is 10.4. The molecule has 2 atom stereocenters.